The summed E-state index contributed by atoms with van der Waals surface area (Å²) in [5, 5.41) is 8.96. The fourth-order valence-corrected chi connectivity index (χ4v) is 2.67. The fourth-order valence-electron chi connectivity index (χ4n) is 2.67. The number of aliphatic carboxylic acids is 1. The third-order valence-electron chi connectivity index (χ3n) is 4.12. The average Bonchev–Trinajstić information content (AvgIpc) is 2.85. The van der Waals surface area contributed by atoms with Gasteiger partial charge in [-0.05, 0) is 31.9 Å². The van der Waals surface area contributed by atoms with E-state index in [1.54, 1.807) is 18.9 Å². The van der Waals surface area contributed by atoms with Crippen LogP contribution in [-0.4, -0.2) is 28.9 Å². The van der Waals surface area contributed by atoms with Gasteiger partial charge in [0.05, 0.1) is 17.9 Å². The largest absolute Gasteiger partial charge is 0.481 e. The van der Waals surface area contributed by atoms with Gasteiger partial charge >= 0.3 is 5.97 Å². The molecule has 122 valence electrons. The van der Waals surface area contributed by atoms with Crippen LogP contribution in [0, 0.1) is 13.8 Å². The zero-order valence-electron chi connectivity index (χ0n) is 13.8. The molecule has 1 amide bonds. The molecule has 0 bridgehead atoms. The lowest BCUT2D eigenvalue weighted by molar-refractivity contribution is -0.136. The molecule has 23 heavy (non-hydrogen) atoms. The van der Waals surface area contributed by atoms with Crippen molar-refractivity contribution >= 4 is 11.9 Å². The number of benzene rings is 1. The first-order chi connectivity index (χ1) is 10.8. The van der Waals surface area contributed by atoms with Gasteiger partial charge in [0.2, 0.25) is 0 Å². The molecule has 1 aromatic heterocycles. The van der Waals surface area contributed by atoms with Crippen LogP contribution in [0.3, 0.4) is 0 Å². The number of rotatable bonds is 5. The highest BCUT2D eigenvalue weighted by Gasteiger charge is 2.26. The van der Waals surface area contributed by atoms with Crippen LogP contribution in [0.25, 0.3) is 0 Å². The first-order valence-electron chi connectivity index (χ1n) is 7.44. The molecule has 0 saturated heterocycles. The van der Waals surface area contributed by atoms with Crippen LogP contribution in [0.2, 0.25) is 0 Å². The van der Waals surface area contributed by atoms with Gasteiger partial charge < -0.3 is 14.4 Å². The third kappa shape index (κ3) is 3.44. The van der Waals surface area contributed by atoms with Gasteiger partial charge in [-0.15, -0.1) is 0 Å². The normalized spacial score (nSPS) is 12.0. The molecule has 1 heterocycles. The SMILES string of the molecule is Cc1ccccc1C(C)N(C)C(=O)c1c(C)coc1CC(=O)O. The van der Waals surface area contributed by atoms with Crippen molar-refractivity contribution in [3.63, 3.8) is 0 Å². The van der Waals surface area contributed by atoms with E-state index in [0.717, 1.165) is 11.1 Å². The zero-order valence-corrected chi connectivity index (χ0v) is 13.8. The summed E-state index contributed by atoms with van der Waals surface area (Å²) in [5.41, 5.74) is 3.16. The summed E-state index contributed by atoms with van der Waals surface area (Å²) in [6.45, 7) is 5.70. The summed E-state index contributed by atoms with van der Waals surface area (Å²) >= 11 is 0. The van der Waals surface area contributed by atoms with Crippen molar-refractivity contribution < 1.29 is 19.1 Å². The van der Waals surface area contributed by atoms with E-state index in [2.05, 4.69) is 0 Å². The Bertz CT molecular complexity index is 732. The predicted octanol–water partition coefficient (Wildman–Crippen LogP) is 3.36. The number of carbonyl (C=O) groups is 2. The molecular formula is C18H21NO4. The van der Waals surface area contributed by atoms with Gasteiger partial charge in [0.15, 0.2) is 0 Å². The molecule has 0 radical (unpaired) electrons. The van der Waals surface area contributed by atoms with Crippen molar-refractivity contribution in [1.82, 2.24) is 4.90 Å². The maximum atomic E-state index is 12.8. The summed E-state index contributed by atoms with van der Waals surface area (Å²) in [5.74, 6) is -1.06. The molecule has 1 N–H and O–H groups in total. The number of carbonyl (C=O) groups excluding carboxylic acids is 1. The molecule has 0 aliphatic carbocycles. The molecule has 1 unspecified atom stereocenters. The lowest BCUT2D eigenvalue weighted by atomic mass is 10.0. The summed E-state index contributed by atoms with van der Waals surface area (Å²) in [6.07, 6.45) is 1.12. The van der Waals surface area contributed by atoms with E-state index in [-0.39, 0.29) is 24.1 Å². The van der Waals surface area contributed by atoms with Crippen molar-refractivity contribution in [2.75, 3.05) is 7.05 Å². The molecule has 5 nitrogen and oxygen atoms in total. The Balaban J connectivity index is 2.32. The second-order valence-corrected chi connectivity index (χ2v) is 5.74. The van der Waals surface area contributed by atoms with Crippen molar-refractivity contribution in [2.24, 2.45) is 0 Å². The predicted molar refractivity (Wildman–Crippen MR) is 86.5 cm³/mol. The summed E-state index contributed by atoms with van der Waals surface area (Å²) < 4.78 is 5.26. The van der Waals surface area contributed by atoms with Crippen LogP contribution in [-0.2, 0) is 11.2 Å². The van der Waals surface area contributed by atoms with Gasteiger partial charge in [-0.3, -0.25) is 9.59 Å². The van der Waals surface area contributed by atoms with Crippen LogP contribution in [0.1, 0.15) is 45.8 Å². The topological polar surface area (TPSA) is 70.8 Å². The maximum absolute atomic E-state index is 12.8. The number of carboxylic acids is 1. The minimum atomic E-state index is -1.02. The summed E-state index contributed by atoms with van der Waals surface area (Å²) in [6, 6.07) is 7.76. The fraction of sp³-hybridized carbons (Fsp3) is 0.333. The number of hydrogen-bond donors (Lipinski definition) is 1. The van der Waals surface area contributed by atoms with Crippen molar-refractivity contribution in [3.05, 3.63) is 58.5 Å². The van der Waals surface area contributed by atoms with E-state index < -0.39 is 5.97 Å². The Morgan fingerprint density at radius 1 is 1.22 bits per heavy atom. The minimum absolute atomic E-state index is 0.129. The quantitative estimate of drug-likeness (QED) is 0.918. The van der Waals surface area contributed by atoms with Gasteiger partial charge in [0.25, 0.3) is 5.91 Å². The Hall–Kier alpha value is -2.56. The first kappa shape index (κ1) is 16.8. The Morgan fingerprint density at radius 3 is 2.48 bits per heavy atom. The highest BCUT2D eigenvalue weighted by molar-refractivity contribution is 5.97. The Labute approximate surface area is 135 Å². The van der Waals surface area contributed by atoms with E-state index >= 15 is 0 Å². The molecule has 1 atom stereocenters. The number of hydrogen-bond acceptors (Lipinski definition) is 3. The van der Waals surface area contributed by atoms with Gasteiger partial charge in [0, 0.05) is 12.6 Å². The molecule has 0 aliphatic heterocycles. The van der Waals surface area contributed by atoms with Crippen LogP contribution < -0.4 is 0 Å². The van der Waals surface area contributed by atoms with E-state index in [1.807, 2.05) is 38.1 Å². The molecule has 0 fully saturated rings. The minimum Gasteiger partial charge on any atom is -0.481 e. The van der Waals surface area contributed by atoms with Crippen molar-refractivity contribution in [2.45, 2.75) is 33.2 Å². The third-order valence-corrected chi connectivity index (χ3v) is 4.12. The van der Waals surface area contributed by atoms with Crippen LogP contribution in [0.5, 0.6) is 0 Å². The van der Waals surface area contributed by atoms with E-state index in [9.17, 15) is 9.59 Å². The lowest BCUT2D eigenvalue weighted by Gasteiger charge is -2.26. The number of furan rings is 1. The smallest absolute Gasteiger partial charge is 0.311 e. The van der Waals surface area contributed by atoms with Crippen molar-refractivity contribution in [1.29, 1.82) is 0 Å². The standard InChI is InChI=1S/C18H21NO4/c1-11-7-5-6-8-14(11)13(3)19(4)18(22)17-12(2)10-23-15(17)9-16(20)21/h5-8,10,13H,9H2,1-4H3,(H,20,21). The summed E-state index contributed by atoms with van der Waals surface area (Å²) in [4.78, 5) is 25.4. The maximum Gasteiger partial charge on any atom is 0.311 e. The van der Waals surface area contributed by atoms with Gasteiger partial charge in [-0.2, -0.15) is 0 Å². The summed E-state index contributed by atoms with van der Waals surface area (Å²) in [7, 11) is 1.72. The zero-order chi connectivity index (χ0) is 17.1. The first-order valence-corrected chi connectivity index (χ1v) is 7.44. The monoisotopic (exact) mass is 315 g/mol. The number of carboxylic acid groups (broad SMARTS) is 1. The molecule has 2 rings (SSSR count). The Kier molecular flexibility index (Phi) is 4.89. The number of amides is 1. The highest BCUT2D eigenvalue weighted by atomic mass is 16.4. The Morgan fingerprint density at radius 2 is 1.87 bits per heavy atom. The second kappa shape index (κ2) is 6.69. The van der Waals surface area contributed by atoms with Crippen LogP contribution in [0.15, 0.2) is 34.9 Å². The van der Waals surface area contributed by atoms with Crippen LogP contribution in [0.4, 0.5) is 0 Å². The van der Waals surface area contributed by atoms with Gasteiger partial charge in [0.1, 0.15) is 12.2 Å². The molecular weight excluding hydrogens is 294 g/mol. The number of aryl methyl sites for hydroxylation is 2. The van der Waals surface area contributed by atoms with E-state index in [1.165, 1.54) is 6.26 Å². The second-order valence-electron chi connectivity index (χ2n) is 5.74. The van der Waals surface area contributed by atoms with E-state index in [0.29, 0.717) is 11.1 Å². The van der Waals surface area contributed by atoms with Crippen LogP contribution >= 0.6 is 0 Å². The number of nitrogens with zero attached hydrogens (tertiary/aromatic N) is 1. The van der Waals surface area contributed by atoms with E-state index in [4.69, 9.17) is 9.52 Å². The molecule has 0 aliphatic rings. The molecule has 1 aromatic carbocycles. The molecule has 5 heteroatoms. The van der Waals surface area contributed by atoms with Crippen molar-refractivity contribution in [3.8, 4) is 0 Å². The lowest BCUT2D eigenvalue weighted by Crippen LogP contribution is -2.31. The van der Waals surface area contributed by atoms with Gasteiger partial charge in [-0.25, -0.2) is 0 Å². The molecule has 2 aromatic rings. The molecule has 0 spiro atoms. The average molecular weight is 315 g/mol. The van der Waals surface area contributed by atoms with Gasteiger partial charge in [-0.1, -0.05) is 24.3 Å². The highest BCUT2D eigenvalue weighted by Crippen LogP contribution is 2.26. The molecule has 0 saturated carbocycles.